The Morgan fingerprint density at radius 3 is 2.21 bits per heavy atom. The molecule has 0 aromatic heterocycles. The van der Waals surface area contributed by atoms with Crippen LogP contribution in [-0.4, -0.2) is 51.4 Å². The molecule has 8 heteroatoms. The van der Waals surface area contributed by atoms with Gasteiger partial charge in [0.25, 0.3) is 0 Å². The van der Waals surface area contributed by atoms with E-state index in [2.05, 4.69) is 5.32 Å². The van der Waals surface area contributed by atoms with Crippen molar-refractivity contribution in [3.05, 3.63) is 0 Å². The smallest absolute Gasteiger partial charge is 0.414 e. The first kappa shape index (κ1) is 11.9. The molecule has 2 atom stereocenters. The van der Waals surface area contributed by atoms with E-state index in [4.69, 9.17) is 0 Å². The maximum Gasteiger partial charge on any atom is 0.414 e. The molecule has 2 unspecified atom stereocenters. The van der Waals surface area contributed by atoms with Gasteiger partial charge in [-0.2, -0.15) is 13.2 Å². The van der Waals surface area contributed by atoms with Crippen molar-refractivity contribution in [2.45, 2.75) is 11.6 Å². The summed E-state index contributed by atoms with van der Waals surface area (Å²) >= 11 is -3.15. The van der Waals surface area contributed by atoms with Gasteiger partial charge < -0.3 is 9.87 Å². The molecule has 1 N–H and O–H groups in total. The highest BCUT2D eigenvalue weighted by Crippen LogP contribution is 2.26. The Hall–Kier alpha value is -0.180. The van der Waals surface area contributed by atoms with Crippen LogP contribution in [0.1, 0.15) is 0 Å². The minimum Gasteiger partial charge on any atom is -0.771 e. The van der Waals surface area contributed by atoms with Crippen molar-refractivity contribution < 1.29 is 21.9 Å². The predicted molar refractivity (Wildman–Crippen MR) is 43.2 cm³/mol. The lowest BCUT2D eigenvalue weighted by atomic mass is 10.3. The third-order valence-corrected chi connectivity index (χ3v) is 2.88. The van der Waals surface area contributed by atoms with Crippen LogP contribution in [0.15, 0.2) is 0 Å². The Morgan fingerprint density at radius 1 is 1.36 bits per heavy atom. The van der Waals surface area contributed by atoms with Gasteiger partial charge >= 0.3 is 6.18 Å². The van der Waals surface area contributed by atoms with E-state index in [1.54, 1.807) is 0 Å². The van der Waals surface area contributed by atoms with Gasteiger partial charge in [-0.15, -0.1) is 0 Å². The summed E-state index contributed by atoms with van der Waals surface area (Å²) in [6.07, 6.45) is -4.72. The van der Waals surface area contributed by atoms with E-state index in [0.717, 1.165) is 4.90 Å². The molecule has 0 radical (unpaired) electrons. The van der Waals surface area contributed by atoms with E-state index < -0.39 is 22.6 Å². The summed E-state index contributed by atoms with van der Waals surface area (Å²) in [4.78, 5) is 0.916. The highest BCUT2D eigenvalue weighted by molar-refractivity contribution is 7.79. The second kappa shape index (κ2) is 4.56. The average Bonchev–Trinajstić information content (AvgIpc) is 2.02. The van der Waals surface area contributed by atoms with Crippen molar-refractivity contribution in [1.29, 1.82) is 0 Å². The molecular formula is C6H10F3N2O2S-. The minimum atomic E-state index is -4.72. The monoisotopic (exact) mass is 231 g/mol. The zero-order chi connectivity index (χ0) is 10.8. The van der Waals surface area contributed by atoms with Gasteiger partial charge in [-0.25, -0.2) is 0 Å². The van der Waals surface area contributed by atoms with Crippen molar-refractivity contribution >= 4 is 11.1 Å². The van der Waals surface area contributed by atoms with Crippen LogP contribution in [0.4, 0.5) is 13.2 Å². The lowest BCUT2D eigenvalue weighted by Crippen LogP contribution is -2.55. The maximum atomic E-state index is 12.3. The fourth-order valence-electron chi connectivity index (χ4n) is 1.35. The highest BCUT2D eigenvalue weighted by atomic mass is 32.2. The Bertz CT molecular complexity index is 218. The Balaban J connectivity index is 2.71. The summed E-state index contributed by atoms with van der Waals surface area (Å²) in [6.45, 7) is 0.948. The van der Waals surface area contributed by atoms with Crippen LogP contribution in [0.2, 0.25) is 0 Å². The first-order chi connectivity index (χ1) is 6.43. The summed E-state index contributed by atoms with van der Waals surface area (Å²) in [5.74, 6) is 0. The van der Waals surface area contributed by atoms with Crippen molar-refractivity contribution in [2.75, 3.05) is 26.2 Å². The molecule has 1 saturated heterocycles. The fraction of sp³-hybridized carbons (Fsp3) is 1.00. The number of hydrogen-bond donors (Lipinski definition) is 1. The maximum absolute atomic E-state index is 12.3. The van der Waals surface area contributed by atoms with Crippen LogP contribution in [-0.2, 0) is 11.1 Å². The molecule has 4 nitrogen and oxygen atoms in total. The molecule has 0 spiro atoms. The van der Waals surface area contributed by atoms with Crippen LogP contribution in [0.5, 0.6) is 0 Å². The van der Waals surface area contributed by atoms with Gasteiger partial charge in [0, 0.05) is 26.2 Å². The van der Waals surface area contributed by atoms with E-state index >= 15 is 0 Å². The molecule has 0 amide bonds. The molecule has 1 rings (SSSR count). The van der Waals surface area contributed by atoms with Crippen molar-refractivity contribution in [1.82, 2.24) is 10.2 Å². The summed E-state index contributed by atoms with van der Waals surface area (Å²) in [6, 6.07) is 0. The van der Waals surface area contributed by atoms with Gasteiger partial charge in [-0.1, -0.05) is 0 Å². The number of nitrogens with one attached hydrogen (secondary N) is 1. The first-order valence-electron chi connectivity index (χ1n) is 4.02. The Labute approximate surface area is 81.7 Å². The zero-order valence-corrected chi connectivity index (χ0v) is 8.03. The largest absolute Gasteiger partial charge is 0.771 e. The fourth-order valence-corrected chi connectivity index (χ4v) is 2.03. The second-order valence-electron chi connectivity index (χ2n) is 2.94. The van der Waals surface area contributed by atoms with Crippen LogP contribution in [0.25, 0.3) is 0 Å². The number of alkyl halides is 3. The molecule has 0 aromatic rings. The van der Waals surface area contributed by atoms with Crippen molar-refractivity contribution in [3.8, 4) is 0 Å². The quantitative estimate of drug-likeness (QED) is 0.660. The number of piperazine rings is 1. The molecule has 0 aliphatic carbocycles. The van der Waals surface area contributed by atoms with Gasteiger partial charge in [0.05, 0.1) is 0 Å². The molecular weight excluding hydrogens is 221 g/mol. The van der Waals surface area contributed by atoms with Crippen LogP contribution < -0.4 is 5.32 Å². The highest BCUT2D eigenvalue weighted by Gasteiger charge is 2.44. The SMILES string of the molecule is O=S([O-])C(N1CCNCC1)C(F)(F)F. The predicted octanol–water partition coefficient (Wildman–Crippen LogP) is -0.341. The summed E-state index contributed by atoms with van der Waals surface area (Å²) in [5, 5.41) is 0.479. The third kappa shape index (κ3) is 2.91. The van der Waals surface area contributed by atoms with E-state index in [1.165, 1.54) is 0 Å². The first-order valence-corrected chi connectivity index (χ1v) is 5.16. The third-order valence-electron chi connectivity index (χ3n) is 1.95. The number of hydrogen-bond acceptors (Lipinski definition) is 4. The molecule has 1 aliphatic heterocycles. The minimum absolute atomic E-state index is 0.0954. The zero-order valence-electron chi connectivity index (χ0n) is 7.21. The normalized spacial score (nSPS) is 24.6. The topological polar surface area (TPSA) is 55.4 Å². The number of halogens is 3. The number of nitrogens with zero attached hydrogens (tertiary/aromatic N) is 1. The van der Waals surface area contributed by atoms with Crippen molar-refractivity contribution in [2.24, 2.45) is 0 Å². The second-order valence-corrected chi connectivity index (χ2v) is 3.91. The Morgan fingerprint density at radius 2 is 1.86 bits per heavy atom. The van der Waals surface area contributed by atoms with E-state index in [-0.39, 0.29) is 13.1 Å². The van der Waals surface area contributed by atoms with Gasteiger partial charge in [0.2, 0.25) is 0 Å². The summed E-state index contributed by atoms with van der Waals surface area (Å²) in [7, 11) is 0. The lowest BCUT2D eigenvalue weighted by Gasteiger charge is -2.36. The van der Waals surface area contributed by atoms with Gasteiger partial charge in [0.1, 0.15) is 0 Å². The number of rotatable bonds is 2. The standard InChI is InChI=1S/C6H11F3N2O2S/c7-6(8,9)5(14(12)13)11-3-1-10-2-4-11/h5,10H,1-4H2,(H,12,13)/p-1. The molecule has 1 heterocycles. The molecule has 84 valence electrons. The molecule has 1 fully saturated rings. The van der Waals surface area contributed by atoms with E-state index in [1.807, 2.05) is 0 Å². The summed E-state index contributed by atoms with van der Waals surface area (Å²) < 4.78 is 57.8. The van der Waals surface area contributed by atoms with E-state index in [0.29, 0.717) is 13.1 Å². The van der Waals surface area contributed by atoms with Gasteiger partial charge in [-0.05, 0) is 11.1 Å². The van der Waals surface area contributed by atoms with Crippen LogP contribution >= 0.6 is 0 Å². The summed E-state index contributed by atoms with van der Waals surface area (Å²) in [5.41, 5.74) is 0. The average molecular weight is 231 g/mol. The van der Waals surface area contributed by atoms with Gasteiger partial charge in [-0.3, -0.25) is 9.11 Å². The van der Waals surface area contributed by atoms with Crippen molar-refractivity contribution in [3.63, 3.8) is 0 Å². The van der Waals surface area contributed by atoms with Crippen LogP contribution in [0, 0.1) is 0 Å². The van der Waals surface area contributed by atoms with Gasteiger partial charge in [0.15, 0.2) is 5.37 Å². The molecule has 0 saturated carbocycles. The van der Waals surface area contributed by atoms with E-state index in [9.17, 15) is 21.9 Å². The molecule has 1 aliphatic rings. The molecule has 0 bridgehead atoms. The Kier molecular flexibility index (Phi) is 3.87. The molecule has 0 aromatic carbocycles. The lowest BCUT2D eigenvalue weighted by molar-refractivity contribution is -0.161. The van der Waals surface area contributed by atoms with Crippen LogP contribution in [0.3, 0.4) is 0 Å². The molecule has 14 heavy (non-hydrogen) atoms.